The van der Waals surface area contributed by atoms with Crippen LogP contribution in [0.2, 0.25) is 0 Å². The Balaban J connectivity index is 1.64. The van der Waals surface area contributed by atoms with Crippen LogP contribution in [0.1, 0.15) is 28.1 Å². The van der Waals surface area contributed by atoms with Crippen LogP contribution in [0.15, 0.2) is 44.3 Å². The zero-order valence-electron chi connectivity index (χ0n) is 14.0. The largest absolute Gasteiger partial charge is 0.462 e. The molecule has 0 fully saturated rings. The lowest BCUT2D eigenvalue weighted by atomic mass is 10.1. The van der Waals surface area contributed by atoms with Crippen molar-refractivity contribution in [3.05, 3.63) is 68.1 Å². The smallest absolute Gasteiger partial charge is 0.341 e. The Hall–Kier alpha value is -3.09. The van der Waals surface area contributed by atoms with Crippen molar-refractivity contribution >= 4 is 17.0 Å². The van der Waals surface area contributed by atoms with Gasteiger partial charge in [-0.15, -0.1) is 0 Å². The Kier molecular flexibility index (Phi) is 4.56. The van der Waals surface area contributed by atoms with Crippen LogP contribution in [-0.4, -0.2) is 22.1 Å². The van der Waals surface area contributed by atoms with Crippen molar-refractivity contribution < 1.29 is 13.9 Å². The maximum Gasteiger partial charge on any atom is 0.341 e. The van der Waals surface area contributed by atoms with E-state index in [0.29, 0.717) is 18.5 Å². The molecule has 2 aromatic heterocycles. The molecular formula is C18H18N2O5. The van der Waals surface area contributed by atoms with E-state index in [-0.39, 0.29) is 23.6 Å². The molecule has 0 unspecified atom stereocenters. The molecule has 7 heteroatoms. The molecule has 2 heterocycles. The van der Waals surface area contributed by atoms with Crippen molar-refractivity contribution in [3.63, 3.8) is 0 Å². The van der Waals surface area contributed by atoms with E-state index >= 15 is 0 Å². The Morgan fingerprint density at radius 3 is 2.76 bits per heavy atom. The number of aryl methyl sites for hydroxylation is 3. The molecule has 0 aliphatic rings. The second kappa shape index (κ2) is 6.80. The number of fused-ring (bicyclic) bond motifs is 1. The first-order valence-corrected chi connectivity index (χ1v) is 7.93. The molecule has 130 valence electrons. The van der Waals surface area contributed by atoms with Crippen LogP contribution in [-0.2, 0) is 11.3 Å². The third-order valence-electron chi connectivity index (χ3n) is 3.98. The summed E-state index contributed by atoms with van der Waals surface area (Å²) in [7, 11) is 0. The van der Waals surface area contributed by atoms with Gasteiger partial charge in [-0.3, -0.25) is 4.57 Å². The number of aromatic amines is 1. The van der Waals surface area contributed by atoms with E-state index < -0.39 is 11.6 Å². The average molecular weight is 342 g/mol. The molecule has 0 spiro atoms. The van der Waals surface area contributed by atoms with Crippen molar-refractivity contribution in [1.82, 2.24) is 9.55 Å². The molecule has 3 aromatic rings. The summed E-state index contributed by atoms with van der Waals surface area (Å²) in [5, 5.41) is 0. The molecule has 3 rings (SSSR count). The number of carbonyl (C=O) groups excluding carboxylic acids is 1. The number of nitrogens with zero attached hydrogens (tertiary/aromatic N) is 1. The lowest BCUT2D eigenvalue weighted by Gasteiger charge is -2.09. The van der Waals surface area contributed by atoms with Crippen LogP contribution in [0.4, 0.5) is 0 Å². The van der Waals surface area contributed by atoms with Gasteiger partial charge in [0, 0.05) is 12.6 Å². The summed E-state index contributed by atoms with van der Waals surface area (Å²) in [6, 6.07) is 8.67. The van der Waals surface area contributed by atoms with E-state index in [1.165, 1.54) is 6.07 Å². The van der Waals surface area contributed by atoms with E-state index in [0.717, 1.165) is 11.0 Å². The molecule has 0 aliphatic carbocycles. The number of hydrogen-bond donors (Lipinski definition) is 1. The molecule has 0 aliphatic heterocycles. The highest BCUT2D eigenvalue weighted by Crippen LogP contribution is 2.13. The van der Waals surface area contributed by atoms with E-state index in [1.54, 1.807) is 18.4 Å². The number of rotatable bonds is 5. The zero-order valence-corrected chi connectivity index (χ0v) is 14.0. The first-order chi connectivity index (χ1) is 12.0. The predicted octanol–water partition coefficient (Wildman–Crippen LogP) is 2.15. The van der Waals surface area contributed by atoms with Crippen LogP contribution >= 0.6 is 0 Å². The number of aromatic nitrogens is 2. The Morgan fingerprint density at radius 2 is 2.00 bits per heavy atom. The van der Waals surface area contributed by atoms with Gasteiger partial charge in [0.15, 0.2) is 0 Å². The third kappa shape index (κ3) is 3.40. The summed E-state index contributed by atoms with van der Waals surface area (Å²) in [5.41, 5.74) is 1.69. The van der Waals surface area contributed by atoms with E-state index in [4.69, 9.17) is 9.15 Å². The minimum Gasteiger partial charge on any atom is -0.462 e. The molecule has 0 saturated heterocycles. The summed E-state index contributed by atoms with van der Waals surface area (Å²) >= 11 is 0. The number of H-pyrrole nitrogens is 1. The highest BCUT2D eigenvalue weighted by atomic mass is 16.5. The molecule has 1 N–H and O–H groups in total. The number of carbonyl (C=O) groups is 1. The Bertz CT molecular complexity index is 1020. The Labute approximate surface area is 142 Å². The fourth-order valence-electron chi connectivity index (χ4n) is 2.85. The SMILES string of the molecule is Cc1cc(=O)oc(C)c1C(=O)OCCCn1c(=O)[nH]c2ccccc21. The van der Waals surface area contributed by atoms with Crippen molar-refractivity contribution in [2.45, 2.75) is 26.8 Å². The quantitative estimate of drug-likeness (QED) is 0.566. The number of imidazole rings is 1. The van der Waals surface area contributed by atoms with Gasteiger partial charge in [-0.2, -0.15) is 0 Å². The van der Waals surface area contributed by atoms with Crippen molar-refractivity contribution in [3.8, 4) is 0 Å². The molecule has 0 amide bonds. The molecule has 1 aromatic carbocycles. The van der Waals surface area contributed by atoms with Gasteiger partial charge in [0.25, 0.3) is 0 Å². The summed E-state index contributed by atoms with van der Waals surface area (Å²) < 4.78 is 11.8. The number of esters is 1. The van der Waals surface area contributed by atoms with Crippen molar-refractivity contribution in [2.24, 2.45) is 0 Å². The number of hydrogen-bond acceptors (Lipinski definition) is 5. The first kappa shape index (κ1) is 16.8. The van der Waals surface area contributed by atoms with Crippen LogP contribution in [0.5, 0.6) is 0 Å². The number of benzene rings is 1. The maximum atomic E-state index is 12.2. The molecule has 0 bridgehead atoms. The van der Waals surface area contributed by atoms with Crippen LogP contribution < -0.4 is 11.3 Å². The molecule has 7 nitrogen and oxygen atoms in total. The summed E-state index contributed by atoms with van der Waals surface area (Å²) in [6.07, 6.45) is 0.488. The molecule has 25 heavy (non-hydrogen) atoms. The summed E-state index contributed by atoms with van der Waals surface area (Å²) in [6.45, 7) is 3.79. The number of nitrogens with one attached hydrogen (secondary N) is 1. The second-order valence-corrected chi connectivity index (χ2v) is 5.77. The fraction of sp³-hybridized carbons (Fsp3) is 0.278. The highest BCUT2D eigenvalue weighted by molar-refractivity contribution is 5.91. The summed E-state index contributed by atoms with van der Waals surface area (Å²) in [5.74, 6) is -0.298. The second-order valence-electron chi connectivity index (χ2n) is 5.77. The van der Waals surface area contributed by atoms with Gasteiger partial charge < -0.3 is 14.1 Å². The first-order valence-electron chi connectivity index (χ1n) is 7.93. The average Bonchev–Trinajstić information content (AvgIpc) is 2.86. The lowest BCUT2D eigenvalue weighted by Crippen LogP contribution is -2.19. The molecule has 0 saturated carbocycles. The molecular weight excluding hydrogens is 324 g/mol. The minimum atomic E-state index is -0.537. The number of ether oxygens (including phenoxy) is 1. The van der Waals surface area contributed by atoms with Gasteiger partial charge in [-0.05, 0) is 38.0 Å². The Morgan fingerprint density at radius 1 is 1.24 bits per heavy atom. The number of para-hydroxylation sites is 2. The minimum absolute atomic E-state index is 0.156. The van der Waals surface area contributed by atoms with Crippen LogP contribution in [0, 0.1) is 13.8 Å². The molecule has 0 atom stereocenters. The van der Waals surface area contributed by atoms with Gasteiger partial charge in [0.1, 0.15) is 11.3 Å². The van der Waals surface area contributed by atoms with Crippen LogP contribution in [0.25, 0.3) is 11.0 Å². The van der Waals surface area contributed by atoms with Crippen molar-refractivity contribution in [1.29, 1.82) is 0 Å². The van der Waals surface area contributed by atoms with E-state index in [9.17, 15) is 14.4 Å². The summed E-state index contributed by atoms with van der Waals surface area (Å²) in [4.78, 5) is 38.2. The third-order valence-corrected chi connectivity index (χ3v) is 3.98. The van der Waals surface area contributed by atoms with E-state index in [2.05, 4.69) is 4.98 Å². The van der Waals surface area contributed by atoms with Gasteiger partial charge in [0.05, 0.1) is 17.6 Å². The van der Waals surface area contributed by atoms with Crippen molar-refractivity contribution in [2.75, 3.05) is 6.61 Å². The van der Waals surface area contributed by atoms with Gasteiger partial charge in [-0.25, -0.2) is 14.4 Å². The fourth-order valence-corrected chi connectivity index (χ4v) is 2.85. The van der Waals surface area contributed by atoms with Crippen LogP contribution in [0.3, 0.4) is 0 Å². The standard InChI is InChI=1S/C18H18N2O5/c1-11-10-15(21)25-12(2)16(11)17(22)24-9-5-8-20-14-7-4-3-6-13(14)19-18(20)23/h3-4,6-7,10H,5,8-9H2,1-2H3,(H,19,23). The van der Waals surface area contributed by atoms with Gasteiger partial charge in [0.2, 0.25) is 0 Å². The monoisotopic (exact) mass is 342 g/mol. The normalized spacial score (nSPS) is 11.0. The highest BCUT2D eigenvalue weighted by Gasteiger charge is 2.16. The topological polar surface area (TPSA) is 94.3 Å². The predicted molar refractivity (Wildman–Crippen MR) is 91.9 cm³/mol. The van der Waals surface area contributed by atoms with Gasteiger partial charge in [-0.1, -0.05) is 12.1 Å². The van der Waals surface area contributed by atoms with Gasteiger partial charge >= 0.3 is 17.3 Å². The lowest BCUT2D eigenvalue weighted by molar-refractivity contribution is 0.0490. The van der Waals surface area contributed by atoms with E-state index in [1.807, 2.05) is 24.3 Å². The maximum absolute atomic E-state index is 12.2. The zero-order chi connectivity index (χ0) is 18.0. The molecule has 0 radical (unpaired) electrons.